The summed E-state index contributed by atoms with van der Waals surface area (Å²) in [5, 5.41) is 0. The fourth-order valence-electron chi connectivity index (χ4n) is 4.42. The minimum atomic E-state index is 0.426. The first-order chi connectivity index (χ1) is 7.44. The highest BCUT2D eigenvalue weighted by molar-refractivity contribution is 5.99. The maximum atomic E-state index is 11.9. The molecule has 0 aromatic heterocycles. The van der Waals surface area contributed by atoms with E-state index in [9.17, 15) is 4.79 Å². The van der Waals surface area contributed by atoms with Crippen LogP contribution in [0.25, 0.3) is 0 Å². The smallest absolute Gasteiger partial charge is 0.159 e. The second-order valence-electron chi connectivity index (χ2n) is 6.77. The normalized spacial score (nSPS) is 45.1. The lowest BCUT2D eigenvalue weighted by Gasteiger charge is -2.22. The Morgan fingerprint density at radius 1 is 1.25 bits per heavy atom. The van der Waals surface area contributed by atoms with Crippen molar-refractivity contribution < 1.29 is 4.79 Å². The van der Waals surface area contributed by atoms with Gasteiger partial charge < -0.3 is 0 Å². The van der Waals surface area contributed by atoms with Crippen LogP contribution >= 0.6 is 0 Å². The third-order valence-electron chi connectivity index (χ3n) is 5.66. The summed E-state index contributed by atoms with van der Waals surface area (Å²) in [5.41, 5.74) is 3.16. The number of allylic oxidation sites excluding steroid dienone is 2. The second-order valence-corrected chi connectivity index (χ2v) is 6.77. The lowest BCUT2D eigenvalue weighted by atomic mass is 9.82. The average Bonchev–Trinajstić information content (AvgIpc) is 2.68. The van der Waals surface area contributed by atoms with Crippen molar-refractivity contribution in [1.29, 1.82) is 0 Å². The topological polar surface area (TPSA) is 17.1 Å². The van der Waals surface area contributed by atoms with Gasteiger partial charge in [-0.1, -0.05) is 26.3 Å². The lowest BCUT2D eigenvalue weighted by Crippen LogP contribution is -2.14. The van der Waals surface area contributed by atoms with Gasteiger partial charge in [0.05, 0.1) is 0 Å². The Kier molecular flexibility index (Phi) is 1.98. The fraction of sp³-hybridized carbons (Fsp3) is 0.800. The summed E-state index contributed by atoms with van der Waals surface area (Å²) in [6, 6.07) is 0. The highest BCUT2D eigenvalue weighted by Gasteiger charge is 2.62. The summed E-state index contributed by atoms with van der Waals surface area (Å²) in [4.78, 5) is 11.9. The van der Waals surface area contributed by atoms with Crippen LogP contribution in [0.5, 0.6) is 0 Å². The van der Waals surface area contributed by atoms with Crippen molar-refractivity contribution in [2.45, 2.75) is 47.0 Å². The molecule has 0 radical (unpaired) electrons. The third kappa shape index (κ3) is 1.15. The molecule has 3 aliphatic rings. The van der Waals surface area contributed by atoms with Crippen LogP contribution in [-0.4, -0.2) is 5.78 Å². The Hall–Kier alpha value is -0.590. The molecule has 0 spiro atoms. The van der Waals surface area contributed by atoms with E-state index in [1.807, 2.05) is 0 Å². The number of hydrogen-bond acceptors (Lipinski definition) is 1. The molecule has 0 saturated heterocycles. The molecule has 1 nitrogen and oxygen atoms in total. The standard InChI is InChI=1S/C15H22O/c1-8-5-6-11-14(15(11,3)4)13-9(2)12(16)7-10(8)13/h8,10-11,14H,5-7H2,1-4H3/t8-,10+,11-,14-/m1/s1. The van der Waals surface area contributed by atoms with Crippen LogP contribution in [0.4, 0.5) is 0 Å². The van der Waals surface area contributed by atoms with Gasteiger partial charge in [0.15, 0.2) is 5.78 Å². The predicted octanol–water partition coefficient (Wildman–Crippen LogP) is 3.59. The van der Waals surface area contributed by atoms with Crippen LogP contribution in [-0.2, 0) is 4.79 Å². The summed E-state index contributed by atoms with van der Waals surface area (Å²) in [7, 11) is 0. The van der Waals surface area contributed by atoms with E-state index in [0.717, 1.165) is 29.7 Å². The molecule has 0 bridgehead atoms. The Morgan fingerprint density at radius 3 is 2.62 bits per heavy atom. The molecule has 16 heavy (non-hydrogen) atoms. The van der Waals surface area contributed by atoms with E-state index in [-0.39, 0.29) is 0 Å². The molecule has 1 heteroatoms. The van der Waals surface area contributed by atoms with Gasteiger partial charge in [-0.3, -0.25) is 4.79 Å². The third-order valence-corrected chi connectivity index (χ3v) is 5.66. The van der Waals surface area contributed by atoms with E-state index in [1.165, 1.54) is 12.8 Å². The van der Waals surface area contributed by atoms with Gasteiger partial charge >= 0.3 is 0 Å². The fourth-order valence-corrected chi connectivity index (χ4v) is 4.42. The quantitative estimate of drug-likeness (QED) is 0.607. The second kappa shape index (κ2) is 3.00. The highest BCUT2D eigenvalue weighted by Crippen LogP contribution is 2.68. The van der Waals surface area contributed by atoms with Crippen molar-refractivity contribution >= 4 is 5.78 Å². The molecule has 88 valence electrons. The van der Waals surface area contributed by atoms with Crippen molar-refractivity contribution in [2.24, 2.45) is 29.1 Å². The van der Waals surface area contributed by atoms with Gasteiger partial charge in [0.1, 0.15) is 0 Å². The molecule has 0 aromatic rings. The molecule has 4 atom stereocenters. The predicted molar refractivity (Wildman–Crippen MR) is 65.0 cm³/mol. The minimum absolute atomic E-state index is 0.426. The Bertz CT molecular complexity index is 388. The van der Waals surface area contributed by atoms with E-state index in [0.29, 0.717) is 17.1 Å². The summed E-state index contributed by atoms with van der Waals surface area (Å²) in [6.45, 7) is 9.19. The van der Waals surface area contributed by atoms with Crippen molar-refractivity contribution in [3.63, 3.8) is 0 Å². The summed E-state index contributed by atoms with van der Waals surface area (Å²) < 4.78 is 0. The lowest BCUT2D eigenvalue weighted by molar-refractivity contribution is -0.115. The van der Waals surface area contributed by atoms with Gasteiger partial charge in [-0.05, 0) is 54.4 Å². The minimum Gasteiger partial charge on any atom is -0.295 e. The van der Waals surface area contributed by atoms with Crippen molar-refractivity contribution in [3.05, 3.63) is 11.1 Å². The largest absolute Gasteiger partial charge is 0.295 e. The zero-order valence-corrected chi connectivity index (χ0v) is 10.8. The molecular weight excluding hydrogens is 196 g/mol. The molecule has 3 aliphatic carbocycles. The van der Waals surface area contributed by atoms with Gasteiger partial charge in [-0.25, -0.2) is 0 Å². The monoisotopic (exact) mass is 218 g/mol. The average molecular weight is 218 g/mol. The molecule has 2 saturated carbocycles. The summed E-state index contributed by atoms with van der Waals surface area (Å²) >= 11 is 0. The zero-order chi connectivity index (χ0) is 11.7. The molecule has 0 aromatic carbocycles. The number of rotatable bonds is 0. The van der Waals surface area contributed by atoms with Crippen LogP contribution in [0.3, 0.4) is 0 Å². The van der Waals surface area contributed by atoms with E-state index < -0.39 is 0 Å². The summed E-state index contributed by atoms with van der Waals surface area (Å²) in [6.07, 6.45) is 3.50. The molecule has 0 aliphatic heterocycles. The highest BCUT2D eigenvalue weighted by atomic mass is 16.1. The van der Waals surface area contributed by atoms with Gasteiger partial charge in [0.25, 0.3) is 0 Å². The van der Waals surface area contributed by atoms with Gasteiger partial charge in [0.2, 0.25) is 0 Å². The first-order valence-corrected chi connectivity index (χ1v) is 6.68. The van der Waals surface area contributed by atoms with Crippen LogP contribution < -0.4 is 0 Å². The van der Waals surface area contributed by atoms with Crippen molar-refractivity contribution in [1.82, 2.24) is 0 Å². The van der Waals surface area contributed by atoms with E-state index in [1.54, 1.807) is 5.57 Å². The molecule has 0 heterocycles. The molecular formula is C15H22O. The van der Waals surface area contributed by atoms with Crippen LogP contribution in [0, 0.1) is 29.1 Å². The van der Waals surface area contributed by atoms with E-state index >= 15 is 0 Å². The van der Waals surface area contributed by atoms with E-state index in [2.05, 4.69) is 27.7 Å². The molecule has 0 amide bonds. The Labute approximate surface area is 98.3 Å². The summed E-state index contributed by atoms with van der Waals surface area (Å²) in [5.74, 6) is 3.32. The molecule has 0 unspecified atom stereocenters. The number of fused-ring (bicyclic) bond motifs is 3. The SMILES string of the molecule is CC1=C2[C@@H](CC1=O)[C@H](C)CC[C@@H]1[C@H]2C1(C)C. The van der Waals surface area contributed by atoms with Crippen molar-refractivity contribution in [2.75, 3.05) is 0 Å². The number of hydrogen-bond donors (Lipinski definition) is 0. The van der Waals surface area contributed by atoms with Crippen LogP contribution in [0.1, 0.15) is 47.0 Å². The van der Waals surface area contributed by atoms with Crippen LogP contribution in [0.15, 0.2) is 11.1 Å². The Morgan fingerprint density at radius 2 is 1.94 bits per heavy atom. The first kappa shape index (κ1) is 10.6. The van der Waals surface area contributed by atoms with Crippen molar-refractivity contribution in [3.8, 4) is 0 Å². The zero-order valence-electron chi connectivity index (χ0n) is 10.8. The van der Waals surface area contributed by atoms with E-state index in [4.69, 9.17) is 0 Å². The number of carbonyl (C=O) groups excluding carboxylic acids is 1. The van der Waals surface area contributed by atoms with Crippen LogP contribution in [0.2, 0.25) is 0 Å². The molecule has 3 rings (SSSR count). The first-order valence-electron chi connectivity index (χ1n) is 6.68. The van der Waals surface area contributed by atoms with Gasteiger partial charge in [0, 0.05) is 6.42 Å². The molecule has 2 fully saturated rings. The number of ketones is 1. The van der Waals surface area contributed by atoms with Gasteiger partial charge in [-0.15, -0.1) is 0 Å². The molecule has 0 N–H and O–H groups in total. The number of carbonyl (C=O) groups is 1. The Balaban J connectivity index is 2.05. The number of Topliss-reactive ketones (excluding diaryl/α,β-unsaturated/α-hetero) is 1. The maximum Gasteiger partial charge on any atom is 0.159 e. The maximum absolute atomic E-state index is 11.9. The van der Waals surface area contributed by atoms with Gasteiger partial charge in [-0.2, -0.15) is 0 Å².